The van der Waals surface area contributed by atoms with Crippen molar-refractivity contribution in [2.45, 2.75) is 50.8 Å². The molecule has 0 aliphatic heterocycles. The van der Waals surface area contributed by atoms with E-state index in [1.165, 1.54) is 0 Å². The standard InChI is InChI=1S/C12H24N2O3S/c1-3-7-14-12(15)9-18(16,17)11-6-5-10(8-11)13-4-2/h10-11,13H,3-9H2,1-2H3,(H,14,15). The molecule has 0 radical (unpaired) electrons. The molecule has 1 rings (SSSR count). The third-order valence-electron chi connectivity index (χ3n) is 3.29. The Hall–Kier alpha value is -0.620. The van der Waals surface area contributed by atoms with Gasteiger partial charge in [-0.2, -0.15) is 0 Å². The van der Waals surface area contributed by atoms with E-state index in [1.807, 2.05) is 13.8 Å². The van der Waals surface area contributed by atoms with E-state index in [1.54, 1.807) is 0 Å². The Morgan fingerprint density at radius 1 is 1.28 bits per heavy atom. The third-order valence-corrected chi connectivity index (χ3v) is 5.40. The first-order valence-electron chi connectivity index (χ1n) is 6.71. The van der Waals surface area contributed by atoms with Crippen molar-refractivity contribution in [3.8, 4) is 0 Å². The van der Waals surface area contributed by atoms with Crippen LogP contribution < -0.4 is 10.6 Å². The van der Waals surface area contributed by atoms with Gasteiger partial charge in [0.15, 0.2) is 9.84 Å². The summed E-state index contributed by atoms with van der Waals surface area (Å²) in [6.45, 7) is 5.35. The summed E-state index contributed by atoms with van der Waals surface area (Å²) in [5, 5.41) is 5.53. The van der Waals surface area contributed by atoms with Crippen molar-refractivity contribution in [3.05, 3.63) is 0 Å². The first-order chi connectivity index (χ1) is 8.49. The fourth-order valence-corrected chi connectivity index (χ4v) is 4.08. The zero-order valence-corrected chi connectivity index (χ0v) is 12.1. The Balaban J connectivity index is 2.47. The van der Waals surface area contributed by atoms with Gasteiger partial charge in [-0.1, -0.05) is 13.8 Å². The van der Waals surface area contributed by atoms with Gasteiger partial charge in [0, 0.05) is 12.6 Å². The number of hydrogen-bond acceptors (Lipinski definition) is 4. The average Bonchev–Trinajstić information content (AvgIpc) is 2.75. The largest absolute Gasteiger partial charge is 0.355 e. The van der Waals surface area contributed by atoms with Crippen LogP contribution in [0.4, 0.5) is 0 Å². The SMILES string of the molecule is CCCNC(=O)CS(=O)(=O)C1CCC(NCC)C1. The van der Waals surface area contributed by atoms with Gasteiger partial charge in [0.1, 0.15) is 5.75 Å². The van der Waals surface area contributed by atoms with Gasteiger partial charge in [-0.05, 0) is 32.2 Å². The molecule has 0 aromatic heterocycles. The van der Waals surface area contributed by atoms with Gasteiger partial charge >= 0.3 is 0 Å². The minimum Gasteiger partial charge on any atom is -0.355 e. The molecule has 18 heavy (non-hydrogen) atoms. The van der Waals surface area contributed by atoms with Crippen molar-refractivity contribution >= 4 is 15.7 Å². The lowest BCUT2D eigenvalue weighted by Crippen LogP contribution is -2.35. The van der Waals surface area contributed by atoms with E-state index in [9.17, 15) is 13.2 Å². The van der Waals surface area contributed by atoms with Gasteiger partial charge in [0.05, 0.1) is 5.25 Å². The van der Waals surface area contributed by atoms with Crippen LogP contribution >= 0.6 is 0 Å². The van der Waals surface area contributed by atoms with Gasteiger partial charge in [0.25, 0.3) is 0 Å². The molecule has 0 saturated heterocycles. The number of carbonyl (C=O) groups excluding carboxylic acids is 1. The van der Waals surface area contributed by atoms with Crippen molar-refractivity contribution < 1.29 is 13.2 Å². The molecule has 1 amide bonds. The fraction of sp³-hybridized carbons (Fsp3) is 0.917. The Labute approximate surface area is 110 Å². The smallest absolute Gasteiger partial charge is 0.235 e. The van der Waals surface area contributed by atoms with E-state index >= 15 is 0 Å². The third kappa shape index (κ3) is 4.57. The minimum absolute atomic E-state index is 0.286. The van der Waals surface area contributed by atoms with Gasteiger partial charge in [-0.15, -0.1) is 0 Å². The van der Waals surface area contributed by atoms with Crippen molar-refractivity contribution in [2.24, 2.45) is 0 Å². The van der Waals surface area contributed by atoms with E-state index in [0.29, 0.717) is 19.4 Å². The highest BCUT2D eigenvalue weighted by molar-refractivity contribution is 7.92. The predicted octanol–water partition coefficient (Wildman–Crippen LogP) is 0.458. The summed E-state index contributed by atoms with van der Waals surface area (Å²) in [4.78, 5) is 11.5. The second kappa shape index (κ2) is 7.09. The van der Waals surface area contributed by atoms with Crippen molar-refractivity contribution in [1.29, 1.82) is 0 Å². The summed E-state index contributed by atoms with van der Waals surface area (Å²) < 4.78 is 24.1. The highest BCUT2D eigenvalue weighted by atomic mass is 32.2. The lowest BCUT2D eigenvalue weighted by Gasteiger charge is -2.13. The molecule has 0 aromatic carbocycles. The number of nitrogens with one attached hydrogen (secondary N) is 2. The maximum Gasteiger partial charge on any atom is 0.235 e. The molecule has 6 heteroatoms. The Bertz CT molecular complexity index is 368. The van der Waals surface area contributed by atoms with Crippen LogP contribution in [0.5, 0.6) is 0 Å². The first-order valence-corrected chi connectivity index (χ1v) is 8.42. The van der Waals surface area contributed by atoms with Crippen molar-refractivity contribution in [1.82, 2.24) is 10.6 Å². The van der Waals surface area contributed by atoms with Gasteiger partial charge in [-0.3, -0.25) is 4.79 Å². The summed E-state index contributed by atoms with van der Waals surface area (Å²) in [6.07, 6.45) is 3.00. The quantitative estimate of drug-likeness (QED) is 0.708. The average molecular weight is 276 g/mol. The molecule has 1 saturated carbocycles. The number of carbonyl (C=O) groups is 1. The van der Waals surface area contributed by atoms with E-state index in [2.05, 4.69) is 10.6 Å². The van der Waals surface area contributed by atoms with Crippen LogP contribution in [-0.4, -0.2) is 44.5 Å². The van der Waals surface area contributed by atoms with Crippen LogP contribution in [0.25, 0.3) is 0 Å². The van der Waals surface area contributed by atoms with Crippen LogP contribution in [0.15, 0.2) is 0 Å². The highest BCUT2D eigenvalue weighted by Crippen LogP contribution is 2.25. The zero-order valence-electron chi connectivity index (χ0n) is 11.2. The van der Waals surface area contributed by atoms with E-state index in [-0.39, 0.29) is 23.0 Å². The van der Waals surface area contributed by atoms with E-state index < -0.39 is 9.84 Å². The molecule has 1 aliphatic carbocycles. The van der Waals surface area contributed by atoms with E-state index in [0.717, 1.165) is 19.4 Å². The molecular formula is C12H24N2O3S. The monoisotopic (exact) mass is 276 g/mol. The van der Waals surface area contributed by atoms with Gasteiger partial charge in [0.2, 0.25) is 5.91 Å². The first kappa shape index (κ1) is 15.4. The molecular weight excluding hydrogens is 252 g/mol. The summed E-state index contributed by atoms with van der Waals surface area (Å²) in [5.41, 5.74) is 0. The highest BCUT2D eigenvalue weighted by Gasteiger charge is 2.34. The van der Waals surface area contributed by atoms with Gasteiger partial charge < -0.3 is 10.6 Å². The molecule has 0 bridgehead atoms. The topological polar surface area (TPSA) is 75.3 Å². The molecule has 0 spiro atoms. The van der Waals surface area contributed by atoms with Crippen LogP contribution in [0, 0.1) is 0 Å². The van der Waals surface area contributed by atoms with Crippen LogP contribution in [-0.2, 0) is 14.6 Å². The minimum atomic E-state index is -3.29. The second-order valence-corrected chi connectivity index (χ2v) is 7.13. The molecule has 1 aliphatic rings. The lowest BCUT2D eigenvalue weighted by molar-refractivity contribution is -0.118. The van der Waals surface area contributed by atoms with Crippen LogP contribution in [0.2, 0.25) is 0 Å². The summed E-state index contributed by atoms with van der Waals surface area (Å²) in [7, 11) is -3.29. The van der Waals surface area contributed by atoms with Crippen LogP contribution in [0.1, 0.15) is 39.5 Å². The molecule has 1 fully saturated rings. The lowest BCUT2D eigenvalue weighted by atomic mass is 10.2. The van der Waals surface area contributed by atoms with Crippen molar-refractivity contribution in [2.75, 3.05) is 18.8 Å². The maximum absolute atomic E-state index is 12.1. The number of rotatable bonds is 7. The Kier molecular flexibility index (Phi) is 6.08. The van der Waals surface area contributed by atoms with E-state index in [4.69, 9.17) is 0 Å². The normalized spacial score (nSPS) is 24.1. The van der Waals surface area contributed by atoms with Gasteiger partial charge in [-0.25, -0.2) is 8.42 Å². The summed E-state index contributed by atoms with van der Waals surface area (Å²) >= 11 is 0. The maximum atomic E-state index is 12.1. The van der Waals surface area contributed by atoms with Crippen molar-refractivity contribution in [3.63, 3.8) is 0 Å². The zero-order chi connectivity index (χ0) is 13.6. The predicted molar refractivity (Wildman–Crippen MR) is 72.2 cm³/mol. The molecule has 2 unspecified atom stereocenters. The Morgan fingerprint density at radius 3 is 2.61 bits per heavy atom. The molecule has 2 atom stereocenters. The Morgan fingerprint density at radius 2 is 2.00 bits per heavy atom. The molecule has 106 valence electrons. The molecule has 5 nitrogen and oxygen atoms in total. The summed E-state index contributed by atoms with van der Waals surface area (Å²) in [5.74, 6) is -0.736. The fourth-order valence-electron chi connectivity index (χ4n) is 2.36. The number of amides is 1. The molecule has 0 aromatic rings. The summed E-state index contributed by atoms with van der Waals surface area (Å²) in [6, 6.07) is 0.286. The number of hydrogen-bond donors (Lipinski definition) is 2. The number of sulfone groups is 1. The molecule has 2 N–H and O–H groups in total. The van der Waals surface area contributed by atoms with Crippen LogP contribution in [0.3, 0.4) is 0 Å². The molecule has 0 heterocycles. The second-order valence-electron chi connectivity index (χ2n) is 4.85.